The van der Waals surface area contributed by atoms with Gasteiger partial charge in [-0.25, -0.2) is 0 Å². The Hall–Kier alpha value is -2.01. The molecule has 1 N–H and O–H groups in total. The van der Waals surface area contributed by atoms with Gasteiger partial charge in [0.2, 0.25) is 0 Å². The maximum absolute atomic E-state index is 4.45. The number of pyridine rings is 1. The average Bonchev–Trinajstić information content (AvgIpc) is 2.45. The Morgan fingerprint density at radius 2 is 2.05 bits per heavy atom. The lowest BCUT2D eigenvalue weighted by Gasteiger charge is -2.08. The van der Waals surface area contributed by atoms with Crippen molar-refractivity contribution in [3.8, 4) is 0 Å². The molecule has 0 spiro atoms. The van der Waals surface area contributed by atoms with Crippen LogP contribution in [0.4, 0.5) is 5.69 Å². The number of aromatic nitrogens is 3. The molecule has 3 aromatic rings. The summed E-state index contributed by atoms with van der Waals surface area (Å²) in [4.78, 5) is 12.7. The Morgan fingerprint density at radius 3 is 2.89 bits per heavy atom. The predicted molar refractivity (Wildman–Crippen MR) is 78.8 cm³/mol. The number of para-hydroxylation sites is 1. The van der Waals surface area contributed by atoms with Crippen molar-refractivity contribution in [2.45, 2.75) is 6.54 Å². The molecule has 0 aliphatic heterocycles. The van der Waals surface area contributed by atoms with Crippen molar-refractivity contribution >= 4 is 32.5 Å². The van der Waals surface area contributed by atoms with Gasteiger partial charge in [0.15, 0.2) is 0 Å². The minimum absolute atomic E-state index is 0.630. The number of hydrogen-bond acceptors (Lipinski definition) is 4. The first-order valence-corrected chi connectivity index (χ1v) is 6.65. The molecule has 0 amide bonds. The third-order valence-electron chi connectivity index (χ3n) is 2.75. The van der Waals surface area contributed by atoms with Gasteiger partial charge in [-0.3, -0.25) is 15.0 Å². The van der Waals surface area contributed by atoms with E-state index in [1.54, 1.807) is 24.8 Å². The summed E-state index contributed by atoms with van der Waals surface area (Å²) in [5.74, 6) is 0. The predicted octanol–water partition coefficient (Wildman–Crippen LogP) is 3.40. The van der Waals surface area contributed by atoms with Crippen LogP contribution in [0.3, 0.4) is 0 Å². The number of benzene rings is 1. The smallest absolute Gasteiger partial charge is 0.0934 e. The van der Waals surface area contributed by atoms with Crippen LogP contribution in [-0.2, 0) is 6.54 Å². The summed E-state index contributed by atoms with van der Waals surface area (Å²) in [7, 11) is 0. The van der Waals surface area contributed by atoms with E-state index in [1.807, 2.05) is 18.2 Å². The highest BCUT2D eigenvalue weighted by Crippen LogP contribution is 2.24. The van der Waals surface area contributed by atoms with Gasteiger partial charge >= 0.3 is 0 Å². The molecule has 2 aromatic heterocycles. The lowest BCUT2D eigenvalue weighted by Crippen LogP contribution is -2.02. The number of nitrogens with zero attached hydrogens (tertiary/aromatic N) is 3. The molecule has 0 unspecified atom stereocenters. The van der Waals surface area contributed by atoms with Crippen molar-refractivity contribution in [3.05, 3.63) is 59.2 Å². The lowest BCUT2D eigenvalue weighted by molar-refractivity contribution is 1.01. The van der Waals surface area contributed by atoms with Crippen LogP contribution in [0.25, 0.3) is 10.9 Å². The highest BCUT2D eigenvalue weighted by atomic mass is 79.9. The molecule has 0 saturated carbocycles. The first kappa shape index (κ1) is 12.0. The Balaban J connectivity index is 1.89. The van der Waals surface area contributed by atoms with E-state index in [0.29, 0.717) is 6.54 Å². The Bertz CT molecular complexity index is 700. The van der Waals surface area contributed by atoms with Crippen molar-refractivity contribution in [2.24, 2.45) is 0 Å². The van der Waals surface area contributed by atoms with Crippen molar-refractivity contribution < 1.29 is 0 Å². The van der Waals surface area contributed by atoms with E-state index in [1.165, 1.54) is 0 Å². The summed E-state index contributed by atoms with van der Waals surface area (Å²) in [5.41, 5.74) is 2.85. The summed E-state index contributed by atoms with van der Waals surface area (Å²) in [6, 6.07) is 8.12. The first-order valence-electron chi connectivity index (χ1n) is 5.86. The van der Waals surface area contributed by atoms with Gasteiger partial charge in [-0.1, -0.05) is 12.1 Å². The van der Waals surface area contributed by atoms with E-state index in [0.717, 1.165) is 26.8 Å². The fourth-order valence-electron chi connectivity index (χ4n) is 1.88. The molecular formula is C14H11BrN4. The Morgan fingerprint density at radius 1 is 1.11 bits per heavy atom. The molecular weight excluding hydrogens is 304 g/mol. The fourth-order valence-corrected chi connectivity index (χ4v) is 2.23. The summed E-state index contributed by atoms with van der Waals surface area (Å²) in [6.07, 6.45) is 6.91. The van der Waals surface area contributed by atoms with Gasteiger partial charge < -0.3 is 5.32 Å². The zero-order valence-corrected chi connectivity index (χ0v) is 11.6. The number of hydrogen-bond donors (Lipinski definition) is 1. The monoisotopic (exact) mass is 314 g/mol. The SMILES string of the molecule is Brc1cnc2c(NCc3cnccn3)cccc2c1. The Kier molecular flexibility index (Phi) is 3.37. The van der Waals surface area contributed by atoms with Crippen LogP contribution in [0.5, 0.6) is 0 Å². The molecule has 19 heavy (non-hydrogen) atoms. The van der Waals surface area contributed by atoms with Crippen LogP contribution in [0.1, 0.15) is 5.69 Å². The normalized spacial score (nSPS) is 10.6. The molecule has 0 aliphatic rings. The van der Waals surface area contributed by atoms with Crippen LogP contribution in [-0.4, -0.2) is 15.0 Å². The van der Waals surface area contributed by atoms with Crippen molar-refractivity contribution in [1.29, 1.82) is 0 Å². The van der Waals surface area contributed by atoms with Crippen LogP contribution < -0.4 is 5.32 Å². The van der Waals surface area contributed by atoms with E-state index in [9.17, 15) is 0 Å². The number of anilines is 1. The molecule has 0 fully saturated rings. The van der Waals surface area contributed by atoms with E-state index >= 15 is 0 Å². The summed E-state index contributed by atoms with van der Waals surface area (Å²) in [5, 5.41) is 4.44. The van der Waals surface area contributed by atoms with Gasteiger partial charge in [-0.2, -0.15) is 0 Å². The molecule has 2 heterocycles. The quantitative estimate of drug-likeness (QED) is 0.805. The highest BCUT2D eigenvalue weighted by molar-refractivity contribution is 9.10. The minimum atomic E-state index is 0.630. The highest BCUT2D eigenvalue weighted by Gasteiger charge is 2.03. The van der Waals surface area contributed by atoms with Crippen molar-refractivity contribution in [1.82, 2.24) is 15.0 Å². The lowest BCUT2D eigenvalue weighted by atomic mass is 10.2. The number of halogens is 1. The van der Waals surface area contributed by atoms with E-state index in [4.69, 9.17) is 0 Å². The van der Waals surface area contributed by atoms with Gasteiger partial charge in [0.1, 0.15) is 0 Å². The van der Waals surface area contributed by atoms with Gasteiger partial charge in [0.25, 0.3) is 0 Å². The van der Waals surface area contributed by atoms with E-state index in [2.05, 4.69) is 42.3 Å². The van der Waals surface area contributed by atoms with Gasteiger partial charge in [0, 0.05) is 28.4 Å². The second kappa shape index (κ2) is 5.32. The molecule has 94 valence electrons. The second-order valence-corrected chi connectivity index (χ2v) is 5.00. The molecule has 4 nitrogen and oxygen atoms in total. The largest absolute Gasteiger partial charge is 0.378 e. The molecule has 0 bridgehead atoms. The third-order valence-corrected chi connectivity index (χ3v) is 3.19. The molecule has 1 aromatic carbocycles. The second-order valence-electron chi connectivity index (χ2n) is 4.08. The first-order chi connectivity index (χ1) is 9.33. The van der Waals surface area contributed by atoms with Crippen molar-refractivity contribution in [3.63, 3.8) is 0 Å². The maximum Gasteiger partial charge on any atom is 0.0934 e. The van der Waals surface area contributed by atoms with Gasteiger partial charge in [0.05, 0.1) is 29.6 Å². The number of nitrogens with one attached hydrogen (secondary N) is 1. The molecule has 0 aliphatic carbocycles. The van der Waals surface area contributed by atoms with Crippen LogP contribution >= 0.6 is 15.9 Å². The number of rotatable bonds is 3. The molecule has 0 atom stereocenters. The summed E-state index contributed by atoms with van der Waals surface area (Å²) < 4.78 is 0.978. The zero-order chi connectivity index (χ0) is 13.1. The minimum Gasteiger partial charge on any atom is -0.378 e. The van der Waals surface area contributed by atoms with Crippen molar-refractivity contribution in [2.75, 3.05) is 5.32 Å². The van der Waals surface area contributed by atoms with Crippen LogP contribution in [0.2, 0.25) is 0 Å². The maximum atomic E-state index is 4.45. The number of fused-ring (bicyclic) bond motifs is 1. The summed E-state index contributed by atoms with van der Waals surface area (Å²) in [6.45, 7) is 0.630. The average molecular weight is 315 g/mol. The fraction of sp³-hybridized carbons (Fsp3) is 0.0714. The topological polar surface area (TPSA) is 50.7 Å². The molecule has 3 rings (SSSR count). The van der Waals surface area contributed by atoms with Gasteiger partial charge in [-0.05, 0) is 28.1 Å². The van der Waals surface area contributed by atoms with E-state index < -0.39 is 0 Å². The van der Waals surface area contributed by atoms with Gasteiger partial charge in [-0.15, -0.1) is 0 Å². The van der Waals surface area contributed by atoms with Crippen LogP contribution in [0, 0.1) is 0 Å². The molecule has 5 heteroatoms. The third kappa shape index (κ3) is 2.71. The van der Waals surface area contributed by atoms with Crippen LogP contribution in [0.15, 0.2) is 53.5 Å². The Labute approximate surface area is 119 Å². The summed E-state index contributed by atoms with van der Waals surface area (Å²) >= 11 is 3.43. The standard InChI is InChI=1S/C14H11BrN4/c15-11-6-10-2-1-3-13(14(10)19-7-11)18-9-12-8-16-4-5-17-12/h1-8,18H,9H2. The van der Waals surface area contributed by atoms with E-state index in [-0.39, 0.29) is 0 Å². The molecule has 0 saturated heterocycles. The zero-order valence-electron chi connectivity index (χ0n) is 10.0. The molecule has 0 radical (unpaired) electrons.